The Hall–Kier alpha value is -2.74. The normalized spacial score (nSPS) is 16.2. The van der Waals surface area contributed by atoms with Gasteiger partial charge in [-0.15, -0.1) is 0 Å². The SMILES string of the molecule is C=COCc1ccc(N(C2=CC=CCC2C)c2ccc(C)cc2)cc1. The number of hydrogen-bond donors (Lipinski definition) is 0. The molecule has 1 unspecified atom stereocenters. The van der Waals surface area contributed by atoms with Gasteiger partial charge in [0, 0.05) is 23.0 Å². The summed E-state index contributed by atoms with van der Waals surface area (Å²) in [6, 6.07) is 17.3. The van der Waals surface area contributed by atoms with Crippen molar-refractivity contribution in [1.29, 1.82) is 0 Å². The van der Waals surface area contributed by atoms with Crippen molar-refractivity contribution in [2.45, 2.75) is 26.9 Å². The molecule has 2 aromatic carbocycles. The minimum atomic E-state index is 0.482. The molecular weight excluding hydrogens is 306 g/mol. The van der Waals surface area contributed by atoms with Crippen LogP contribution in [0.4, 0.5) is 11.4 Å². The van der Waals surface area contributed by atoms with E-state index < -0.39 is 0 Å². The van der Waals surface area contributed by atoms with Gasteiger partial charge in [0.1, 0.15) is 6.61 Å². The molecule has 0 heterocycles. The molecule has 25 heavy (non-hydrogen) atoms. The standard InChI is InChI=1S/C23H25NO/c1-4-25-17-20-11-15-22(16-12-20)24(21-13-9-18(2)10-14-21)23-8-6-5-7-19(23)3/h4-6,8-16,19H,1,7,17H2,2-3H3. The molecular formula is C23H25NO. The average molecular weight is 331 g/mol. The second-order valence-electron chi connectivity index (χ2n) is 6.47. The highest BCUT2D eigenvalue weighted by Crippen LogP contribution is 2.35. The molecule has 1 aliphatic carbocycles. The average Bonchev–Trinajstić information content (AvgIpc) is 2.64. The van der Waals surface area contributed by atoms with Crippen LogP contribution in [0.2, 0.25) is 0 Å². The first-order valence-corrected chi connectivity index (χ1v) is 8.74. The van der Waals surface area contributed by atoms with Gasteiger partial charge in [-0.3, -0.25) is 0 Å². The molecule has 0 fully saturated rings. The third-order valence-corrected chi connectivity index (χ3v) is 4.51. The fourth-order valence-corrected chi connectivity index (χ4v) is 3.07. The second-order valence-corrected chi connectivity index (χ2v) is 6.47. The number of hydrogen-bond acceptors (Lipinski definition) is 2. The monoisotopic (exact) mass is 331 g/mol. The third kappa shape index (κ3) is 4.03. The van der Waals surface area contributed by atoms with Crippen LogP contribution >= 0.6 is 0 Å². The molecule has 2 aromatic rings. The number of benzene rings is 2. The van der Waals surface area contributed by atoms with Gasteiger partial charge in [0.25, 0.3) is 0 Å². The minimum Gasteiger partial charge on any atom is -0.497 e. The van der Waals surface area contributed by atoms with Gasteiger partial charge >= 0.3 is 0 Å². The molecule has 2 heteroatoms. The summed E-state index contributed by atoms with van der Waals surface area (Å²) >= 11 is 0. The van der Waals surface area contributed by atoms with Gasteiger partial charge in [-0.2, -0.15) is 0 Å². The van der Waals surface area contributed by atoms with Gasteiger partial charge in [-0.1, -0.05) is 55.5 Å². The smallest absolute Gasteiger partial charge is 0.112 e. The van der Waals surface area contributed by atoms with E-state index in [0.29, 0.717) is 12.5 Å². The highest BCUT2D eigenvalue weighted by Gasteiger charge is 2.20. The fraction of sp³-hybridized carbons (Fsp3) is 0.217. The van der Waals surface area contributed by atoms with Gasteiger partial charge in [-0.05, 0) is 49.2 Å². The van der Waals surface area contributed by atoms with Crippen LogP contribution in [-0.2, 0) is 11.3 Å². The van der Waals surface area contributed by atoms with Crippen molar-refractivity contribution < 1.29 is 4.74 Å². The molecule has 0 spiro atoms. The van der Waals surface area contributed by atoms with Crippen LogP contribution in [-0.4, -0.2) is 0 Å². The molecule has 0 bridgehead atoms. The third-order valence-electron chi connectivity index (χ3n) is 4.51. The van der Waals surface area contributed by atoms with Crippen LogP contribution in [0.25, 0.3) is 0 Å². The molecule has 0 saturated heterocycles. The quantitative estimate of drug-likeness (QED) is 0.578. The van der Waals surface area contributed by atoms with Crippen LogP contribution in [0.15, 0.2) is 85.3 Å². The molecule has 0 saturated carbocycles. The van der Waals surface area contributed by atoms with Crippen LogP contribution in [0.5, 0.6) is 0 Å². The molecule has 0 N–H and O–H groups in total. The number of aryl methyl sites for hydroxylation is 1. The lowest BCUT2D eigenvalue weighted by atomic mass is 9.96. The van der Waals surface area contributed by atoms with Crippen molar-refractivity contribution in [2.24, 2.45) is 5.92 Å². The van der Waals surface area contributed by atoms with Crippen molar-refractivity contribution >= 4 is 11.4 Å². The molecule has 1 aliphatic rings. The lowest BCUT2D eigenvalue weighted by Gasteiger charge is -2.32. The topological polar surface area (TPSA) is 12.5 Å². The Kier molecular flexibility index (Phi) is 5.39. The number of anilines is 2. The summed E-state index contributed by atoms with van der Waals surface area (Å²) in [6.45, 7) is 8.54. The molecule has 1 atom stereocenters. The van der Waals surface area contributed by atoms with E-state index in [4.69, 9.17) is 4.74 Å². The Labute approximate surface area is 150 Å². The van der Waals surface area contributed by atoms with Gasteiger partial charge < -0.3 is 9.64 Å². The van der Waals surface area contributed by atoms with Crippen LogP contribution in [0.3, 0.4) is 0 Å². The van der Waals surface area contributed by atoms with Crippen molar-refractivity contribution in [3.8, 4) is 0 Å². The van der Waals surface area contributed by atoms with E-state index in [1.807, 2.05) is 0 Å². The first-order valence-electron chi connectivity index (χ1n) is 8.74. The summed E-state index contributed by atoms with van der Waals surface area (Å²) in [4.78, 5) is 2.35. The predicted octanol–water partition coefficient (Wildman–Crippen LogP) is 6.27. The predicted molar refractivity (Wildman–Crippen MR) is 106 cm³/mol. The summed E-state index contributed by atoms with van der Waals surface area (Å²) in [7, 11) is 0. The summed E-state index contributed by atoms with van der Waals surface area (Å²) < 4.78 is 5.28. The van der Waals surface area contributed by atoms with E-state index in [0.717, 1.165) is 12.0 Å². The molecule has 3 rings (SSSR count). The molecule has 2 nitrogen and oxygen atoms in total. The molecule has 0 aromatic heterocycles. The maximum absolute atomic E-state index is 5.28. The fourth-order valence-electron chi connectivity index (χ4n) is 3.07. The van der Waals surface area contributed by atoms with Crippen LogP contribution < -0.4 is 4.90 Å². The number of rotatable bonds is 6. The van der Waals surface area contributed by atoms with E-state index in [9.17, 15) is 0 Å². The highest BCUT2D eigenvalue weighted by molar-refractivity contribution is 5.69. The lowest BCUT2D eigenvalue weighted by molar-refractivity contribution is 0.238. The van der Waals surface area contributed by atoms with E-state index in [1.54, 1.807) is 0 Å². The molecule has 128 valence electrons. The van der Waals surface area contributed by atoms with E-state index >= 15 is 0 Å². The Morgan fingerprint density at radius 2 is 1.72 bits per heavy atom. The van der Waals surface area contributed by atoms with Gasteiger partial charge in [0.2, 0.25) is 0 Å². The minimum absolute atomic E-state index is 0.482. The largest absolute Gasteiger partial charge is 0.497 e. The van der Waals surface area contributed by atoms with Crippen LogP contribution in [0, 0.1) is 12.8 Å². The second kappa shape index (κ2) is 7.89. The number of allylic oxidation sites excluding steroid dienone is 4. The van der Waals surface area contributed by atoms with Gasteiger partial charge in [-0.25, -0.2) is 0 Å². The van der Waals surface area contributed by atoms with Gasteiger partial charge in [0.05, 0.1) is 6.26 Å². The Bertz CT molecular complexity index is 769. The summed E-state index contributed by atoms with van der Waals surface area (Å²) in [5.41, 5.74) is 6.08. The zero-order valence-corrected chi connectivity index (χ0v) is 15.0. The van der Waals surface area contributed by atoms with Crippen molar-refractivity contribution in [2.75, 3.05) is 4.90 Å². The van der Waals surface area contributed by atoms with Gasteiger partial charge in [0.15, 0.2) is 0 Å². The number of nitrogens with zero attached hydrogens (tertiary/aromatic N) is 1. The number of ether oxygens (including phenoxy) is 1. The van der Waals surface area contributed by atoms with Crippen molar-refractivity contribution in [3.05, 3.63) is 96.4 Å². The highest BCUT2D eigenvalue weighted by atomic mass is 16.5. The molecule has 0 aliphatic heterocycles. The van der Waals surface area contributed by atoms with E-state index in [2.05, 4.69) is 92.1 Å². The van der Waals surface area contributed by atoms with Crippen molar-refractivity contribution in [1.82, 2.24) is 0 Å². The zero-order valence-electron chi connectivity index (χ0n) is 15.0. The summed E-state index contributed by atoms with van der Waals surface area (Å²) in [5, 5.41) is 0. The Morgan fingerprint density at radius 1 is 1.08 bits per heavy atom. The maximum atomic E-state index is 5.28. The first-order chi connectivity index (χ1) is 12.2. The van der Waals surface area contributed by atoms with E-state index in [-0.39, 0.29) is 0 Å². The summed E-state index contributed by atoms with van der Waals surface area (Å²) in [6.07, 6.45) is 9.16. The maximum Gasteiger partial charge on any atom is 0.112 e. The summed E-state index contributed by atoms with van der Waals surface area (Å²) in [5.74, 6) is 0.482. The van der Waals surface area contributed by atoms with E-state index in [1.165, 1.54) is 28.9 Å². The Morgan fingerprint density at radius 3 is 2.32 bits per heavy atom. The Balaban J connectivity index is 1.98. The zero-order chi connectivity index (χ0) is 17.6. The molecule has 0 amide bonds. The molecule has 0 radical (unpaired) electrons. The lowest BCUT2D eigenvalue weighted by Crippen LogP contribution is -2.22. The van der Waals surface area contributed by atoms with Crippen molar-refractivity contribution in [3.63, 3.8) is 0 Å². The van der Waals surface area contributed by atoms with Crippen LogP contribution in [0.1, 0.15) is 24.5 Å². The first kappa shape index (κ1) is 17.1.